The van der Waals surface area contributed by atoms with Crippen LogP contribution in [0, 0.1) is 5.92 Å². The van der Waals surface area contributed by atoms with Crippen molar-refractivity contribution >= 4 is 16.1 Å². The van der Waals surface area contributed by atoms with Gasteiger partial charge in [-0.15, -0.1) is 0 Å². The molecule has 0 bridgehead atoms. The van der Waals surface area contributed by atoms with E-state index in [2.05, 4.69) is 13.8 Å². The summed E-state index contributed by atoms with van der Waals surface area (Å²) in [4.78, 5) is 12.1. The average molecular weight is 455 g/mol. The van der Waals surface area contributed by atoms with Crippen molar-refractivity contribution in [2.75, 3.05) is 6.61 Å². The molecule has 1 rings (SSSR count). The minimum Gasteiger partial charge on any atom is -0.462 e. The highest BCUT2D eigenvalue weighted by Gasteiger charge is 2.22. The predicted octanol–water partition coefficient (Wildman–Crippen LogP) is 7.21. The predicted molar refractivity (Wildman–Crippen MR) is 126 cm³/mol. The normalized spacial score (nSPS) is 12.6. The summed E-state index contributed by atoms with van der Waals surface area (Å²) in [6, 6.07) is 5.63. The number of hydrogen-bond donors (Lipinski definition) is 1. The van der Waals surface area contributed by atoms with Crippen molar-refractivity contribution in [3.05, 3.63) is 29.8 Å². The summed E-state index contributed by atoms with van der Waals surface area (Å²) >= 11 is 0. The van der Waals surface area contributed by atoms with Gasteiger partial charge in [0, 0.05) is 0 Å². The Kier molecular flexibility index (Phi) is 14.5. The Hall–Kier alpha value is -1.40. The number of rotatable bonds is 18. The van der Waals surface area contributed by atoms with Gasteiger partial charge in [0.2, 0.25) is 0 Å². The van der Waals surface area contributed by atoms with E-state index in [1.165, 1.54) is 82.4 Å². The van der Waals surface area contributed by atoms with Crippen molar-refractivity contribution in [2.24, 2.45) is 5.92 Å². The molecule has 1 unspecified atom stereocenters. The maximum atomic E-state index is 12.5. The highest BCUT2D eigenvalue weighted by Crippen LogP contribution is 2.21. The molecule has 1 N–H and O–H groups in total. The van der Waals surface area contributed by atoms with Crippen LogP contribution in [0.4, 0.5) is 0 Å². The van der Waals surface area contributed by atoms with E-state index in [9.17, 15) is 17.8 Å². The highest BCUT2D eigenvalue weighted by molar-refractivity contribution is 7.86. The summed E-state index contributed by atoms with van der Waals surface area (Å²) in [6.07, 6.45) is 16.8. The second-order valence-electron chi connectivity index (χ2n) is 8.55. The zero-order valence-electron chi connectivity index (χ0n) is 19.5. The van der Waals surface area contributed by atoms with Crippen molar-refractivity contribution < 1.29 is 22.5 Å². The van der Waals surface area contributed by atoms with Gasteiger partial charge in [-0.25, -0.2) is 4.79 Å². The summed E-state index contributed by atoms with van der Waals surface area (Å²) in [7, 11) is -4.47. The molecule has 0 aliphatic heterocycles. The minimum atomic E-state index is -4.47. The number of carbonyl (C=O) groups is 1. The Morgan fingerprint density at radius 2 is 1.32 bits per heavy atom. The van der Waals surface area contributed by atoms with Gasteiger partial charge in [-0.3, -0.25) is 4.55 Å². The van der Waals surface area contributed by atoms with E-state index in [4.69, 9.17) is 4.74 Å². The fourth-order valence-electron chi connectivity index (χ4n) is 3.87. The summed E-state index contributed by atoms with van der Waals surface area (Å²) in [5, 5.41) is 0. The number of carbonyl (C=O) groups excluding carboxylic acids is 1. The van der Waals surface area contributed by atoms with Gasteiger partial charge in [0.25, 0.3) is 10.1 Å². The zero-order valence-corrected chi connectivity index (χ0v) is 20.3. The third kappa shape index (κ3) is 12.3. The van der Waals surface area contributed by atoms with Crippen LogP contribution in [0.1, 0.15) is 114 Å². The van der Waals surface area contributed by atoms with E-state index in [0.29, 0.717) is 12.5 Å². The molecule has 178 valence electrons. The largest absolute Gasteiger partial charge is 0.462 e. The monoisotopic (exact) mass is 454 g/mol. The molecular formula is C25H42O5S. The fourth-order valence-corrected chi connectivity index (χ4v) is 4.55. The molecule has 31 heavy (non-hydrogen) atoms. The van der Waals surface area contributed by atoms with Crippen LogP contribution in [-0.2, 0) is 14.9 Å². The summed E-state index contributed by atoms with van der Waals surface area (Å²) < 4.78 is 37.9. The molecular weight excluding hydrogens is 412 g/mol. The van der Waals surface area contributed by atoms with Crippen LogP contribution in [0.25, 0.3) is 0 Å². The van der Waals surface area contributed by atoms with E-state index in [1.54, 1.807) is 6.07 Å². The average Bonchev–Trinajstić information content (AvgIpc) is 2.75. The van der Waals surface area contributed by atoms with Gasteiger partial charge >= 0.3 is 5.97 Å². The van der Waals surface area contributed by atoms with E-state index >= 15 is 0 Å². The molecule has 5 nitrogen and oxygen atoms in total. The SMILES string of the molecule is CCCCCCCCCC(CCCCCCC)COC(=O)c1ccccc1S(=O)(=O)O. The minimum absolute atomic E-state index is 0.109. The molecule has 0 radical (unpaired) electrons. The molecule has 0 spiro atoms. The summed E-state index contributed by atoms with van der Waals surface area (Å²) in [6.45, 7) is 4.72. The van der Waals surface area contributed by atoms with Gasteiger partial charge in [-0.1, -0.05) is 103 Å². The lowest BCUT2D eigenvalue weighted by Gasteiger charge is -2.17. The molecule has 1 aromatic carbocycles. The van der Waals surface area contributed by atoms with Crippen LogP contribution >= 0.6 is 0 Å². The lowest BCUT2D eigenvalue weighted by molar-refractivity contribution is 0.0417. The zero-order chi connectivity index (χ0) is 23.0. The number of benzene rings is 1. The van der Waals surface area contributed by atoms with Crippen LogP contribution in [-0.4, -0.2) is 25.5 Å². The van der Waals surface area contributed by atoms with Gasteiger partial charge in [-0.2, -0.15) is 8.42 Å². The molecule has 6 heteroatoms. The first-order valence-corrected chi connectivity index (χ1v) is 13.6. The van der Waals surface area contributed by atoms with Crippen molar-refractivity contribution in [3.8, 4) is 0 Å². The first kappa shape index (κ1) is 27.6. The summed E-state index contributed by atoms with van der Waals surface area (Å²) in [5.74, 6) is -0.400. The van der Waals surface area contributed by atoms with Gasteiger partial charge < -0.3 is 4.74 Å². The number of esters is 1. The van der Waals surface area contributed by atoms with Crippen molar-refractivity contribution in [1.82, 2.24) is 0 Å². The van der Waals surface area contributed by atoms with E-state index in [-0.39, 0.29) is 5.56 Å². The Balaban J connectivity index is 2.56. The molecule has 0 fully saturated rings. The van der Waals surface area contributed by atoms with Gasteiger partial charge in [0.1, 0.15) is 4.90 Å². The quantitative estimate of drug-likeness (QED) is 0.144. The van der Waals surface area contributed by atoms with E-state index < -0.39 is 21.0 Å². The Morgan fingerprint density at radius 1 is 0.839 bits per heavy atom. The van der Waals surface area contributed by atoms with Gasteiger partial charge in [0.05, 0.1) is 12.2 Å². The topological polar surface area (TPSA) is 80.7 Å². The Bertz CT molecular complexity index is 714. The summed E-state index contributed by atoms with van der Waals surface area (Å²) in [5.41, 5.74) is -0.109. The maximum absolute atomic E-state index is 12.5. The van der Waals surface area contributed by atoms with Gasteiger partial charge in [-0.05, 0) is 30.9 Å². The van der Waals surface area contributed by atoms with Crippen molar-refractivity contribution in [3.63, 3.8) is 0 Å². The molecule has 1 aromatic rings. The van der Waals surface area contributed by atoms with Gasteiger partial charge in [0.15, 0.2) is 0 Å². The molecule has 1 atom stereocenters. The van der Waals surface area contributed by atoms with Crippen LogP contribution in [0.3, 0.4) is 0 Å². The molecule has 0 aliphatic carbocycles. The van der Waals surface area contributed by atoms with Crippen molar-refractivity contribution in [2.45, 2.75) is 109 Å². The Labute approximate surface area is 189 Å². The molecule has 0 aromatic heterocycles. The van der Waals surface area contributed by atoms with Crippen LogP contribution in [0.5, 0.6) is 0 Å². The van der Waals surface area contributed by atoms with Crippen LogP contribution in [0.2, 0.25) is 0 Å². The lowest BCUT2D eigenvalue weighted by Crippen LogP contribution is -2.17. The lowest BCUT2D eigenvalue weighted by atomic mass is 9.95. The maximum Gasteiger partial charge on any atom is 0.339 e. The second-order valence-corrected chi connectivity index (χ2v) is 9.94. The number of ether oxygens (including phenoxy) is 1. The van der Waals surface area contributed by atoms with Crippen LogP contribution in [0.15, 0.2) is 29.2 Å². The van der Waals surface area contributed by atoms with E-state index in [1.807, 2.05) is 0 Å². The first-order valence-electron chi connectivity index (χ1n) is 12.1. The molecule has 0 amide bonds. The second kappa shape index (κ2) is 16.3. The Morgan fingerprint density at radius 3 is 1.84 bits per heavy atom. The number of unbranched alkanes of at least 4 members (excludes halogenated alkanes) is 10. The molecule has 0 saturated carbocycles. The smallest absolute Gasteiger partial charge is 0.339 e. The third-order valence-electron chi connectivity index (χ3n) is 5.77. The third-order valence-corrected chi connectivity index (χ3v) is 6.68. The van der Waals surface area contributed by atoms with Crippen LogP contribution < -0.4 is 0 Å². The van der Waals surface area contributed by atoms with E-state index in [0.717, 1.165) is 25.7 Å². The molecule has 0 aliphatic rings. The number of hydrogen-bond acceptors (Lipinski definition) is 4. The first-order chi connectivity index (χ1) is 14.9. The standard InChI is InChI=1S/C25H42O5S/c1-3-5-7-9-10-12-14-18-22(17-13-11-8-6-4-2)21-30-25(26)23-19-15-16-20-24(23)31(27,28)29/h15-16,19-20,22H,3-14,17-18,21H2,1-2H3,(H,27,28,29). The molecule has 0 heterocycles. The fraction of sp³-hybridized carbons (Fsp3) is 0.720. The van der Waals surface area contributed by atoms with Crippen molar-refractivity contribution in [1.29, 1.82) is 0 Å². The molecule has 0 saturated heterocycles. The highest BCUT2D eigenvalue weighted by atomic mass is 32.2.